The van der Waals surface area contributed by atoms with Gasteiger partial charge in [0.05, 0.1) is 6.61 Å². The fraction of sp³-hybridized carbons (Fsp3) is 0.562. The molecular weight excluding hydrogens is 292 g/mol. The normalized spacial score (nSPS) is 18.5. The second-order valence-electron chi connectivity index (χ2n) is 5.32. The number of benzene rings is 1. The van der Waals surface area contributed by atoms with E-state index in [2.05, 4.69) is 4.74 Å². The van der Waals surface area contributed by atoms with Gasteiger partial charge in [0.25, 0.3) is 5.91 Å². The summed E-state index contributed by atoms with van der Waals surface area (Å²) in [6.07, 6.45) is 2.01. The third-order valence-electron chi connectivity index (χ3n) is 3.69. The Balaban J connectivity index is 1.95. The van der Waals surface area contributed by atoms with Crippen molar-refractivity contribution < 1.29 is 23.0 Å². The molecule has 4 nitrogen and oxygen atoms in total. The maximum atomic E-state index is 12.4. The number of nitrogens with zero attached hydrogens (tertiary/aromatic N) is 1. The maximum Gasteiger partial charge on any atom is 0.387 e. The average Bonchev–Trinajstić information content (AvgIpc) is 2.53. The van der Waals surface area contributed by atoms with Crippen LogP contribution in [0.2, 0.25) is 0 Å². The Morgan fingerprint density at radius 1 is 1.36 bits per heavy atom. The molecule has 6 heteroatoms. The lowest BCUT2D eigenvalue weighted by Crippen LogP contribution is -2.41. The lowest BCUT2D eigenvalue weighted by atomic mass is 9.98. The van der Waals surface area contributed by atoms with E-state index in [1.54, 1.807) is 4.90 Å². The number of carbonyl (C=O) groups excluding carboxylic acids is 1. The summed E-state index contributed by atoms with van der Waals surface area (Å²) in [5.74, 6) is 0.336. The Labute approximate surface area is 129 Å². The Hall–Kier alpha value is -1.69. The van der Waals surface area contributed by atoms with Crippen molar-refractivity contribution >= 4 is 5.91 Å². The van der Waals surface area contributed by atoms with Crippen molar-refractivity contribution in [3.05, 3.63) is 29.8 Å². The highest BCUT2D eigenvalue weighted by atomic mass is 19.3. The number of alkyl halides is 2. The van der Waals surface area contributed by atoms with Crippen molar-refractivity contribution in [2.75, 3.05) is 26.3 Å². The van der Waals surface area contributed by atoms with Crippen LogP contribution in [0.25, 0.3) is 0 Å². The molecule has 0 spiro atoms. The van der Waals surface area contributed by atoms with E-state index in [9.17, 15) is 13.6 Å². The maximum absolute atomic E-state index is 12.4. The molecule has 1 unspecified atom stereocenters. The number of amides is 1. The zero-order chi connectivity index (χ0) is 15.9. The monoisotopic (exact) mass is 313 g/mol. The van der Waals surface area contributed by atoms with Crippen LogP contribution < -0.4 is 4.74 Å². The summed E-state index contributed by atoms with van der Waals surface area (Å²) in [4.78, 5) is 14.3. The van der Waals surface area contributed by atoms with Crippen molar-refractivity contribution in [2.45, 2.75) is 26.4 Å². The fourth-order valence-electron chi connectivity index (χ4n) is 2.63. The minimum Gasteiger partial charge on any atom is -0.435 e. The van der Waals surface area contributed by atoms with Crippen molar-refractivity contribution in [3.63, 3.8) is 0 Å². The van der Waals surface area contributed by atoms with Gasteiger partial charge in [-0.1, -0.05) is 0 Å². The number of rotatable bonds is 6. The lowest BCUT2D eigenvalue weighted by molar-refractivity contribution is -0.0498. The summed E-state index contributed by atoms with van der Waals surface area (Å²) < 4.78 is 33.9. The topological polar surface area (TPSA) is 38.8 Å². The average molecular weight is 313 g/mol. The first-order valence-electron chi connectivity index (χ1n) is 7.52. The molecule has 1 aromatic rings. The summed E-state index contributed by atoms with van der Waals surface area (Å²) in [5, 5.41) is 0. The largest absolute Gasteiger partial charge is 0.435 e. The third-order valence-corrected chi connectivity index (χ3v) is 3.69. The van der Waals surface area contributed by atoms with E-state index in [-0.39, 0.29) is 11.7 Å². The summed E-state index contributed by atoms with van der Waals surface area (Å²) in [7, 11) is 0. The van der Waals surface area contributed by atoms with Crippen molar-refractivity contribution in [2.24, 2.45) is 5.92 Å². The lowest BCUT2D eigenvalue weighted by Gasteiger charge is -2.32. The van der Waals surface area contributed by atoms with Crippen LogP contribution in [0.3, 0.4) is 0 Å². The minimum absolute atomic E-state index is 0.0550. The van der Waals surface area contributed by atoms with E-state index in [4.69, 9.17) is 4.74 Å². The molecular formula is C16H21F2NO3. The van der Waals surface area contributed by atoms with Crippen molar-refractivity contribution in [3.8, 4) is 5.75 Å². The molecule has 1 aromatic carbocycles. The van der Waals surface area contributed by atoms with Gasteiger partial charge in [-0.25, -0.2) is 0 Å². The highest BCUT2D eigenvalue weighted by molar-refractivity contribution is 5.94. The van der Waals surface area contributed by atoms with Gasteiger partial charge in [0.15, 0.2) is 0 Å². The van der Waals surface area contributed by atoms with Crippen LogP contribution in [-0.2, 0) is 4.74 Å². The van der Waals surface area contributed by atoms with Crippen LogP contribution in [0, 0.1) is 5.92 Å². The quantitative estimate of drug-likeness (QED) is 0.809. The van der Waals surface area contributed by atoms with Gasteiger partial charge in [-0.05, 0) is 49.9 Å². The molecule has 2 rings (SSSR count). The molecule has 0 N–H and O–H groups in total. The molecule has 122 valence electrons. The van der Waals surface area contributed by atoms with E-state index < -0.39 is 6.61 Å². The van der Waals surface area contributed by atoms with Crippen molar-refractivity contribution in [1.29, 1.82) is 0 Å². The second kappa shape index (κ2) is 8.08. The smallest absolute Gasteiger partial charge is 0.387 e. The predicted octanol–water partition coefficient (Wildman–Crippen LogP) is 3.18. The number of halogens is 2. The Bertz CT molecular complexity index is 479. The molecule has 1 heterocycles. The molecule has 0 saturated carbocycles. The van der Waals surface area contributed by atoms with Gasteiger partial charge in [-0.3, -0.25) is 4.79 Å². The number of hydrogen-bond donors (Lipinski definition) is 0. The van der Waals surface area contributed by atoms with Gasteiger partial charge in [0, 0.05) is 25.3 Å². The second-order valence-corrected chi connectivity index (χ2v) is 5.32. The Kier molecular flexibility index (Phi) is 6.12. The zero-order valence-electron chi connectivity index (χ0n) is 12.6. The van der Waals surface area contributed by atoms with Gasteiger partial charge in [-0.2, -0.15) is 8.78 Å². The summed E-state index contributed by atoms with van der Waals surface area (Å²) >= 11 is 0. The molecule has 1 aliphatic heterocycles. The number of carbonyl (C=O) groups is 1. The molecule has 0 radical (unpaired) electrons. The van der Waals surface area contributed by atoms with Gasteiger partial charge in [0.1, 0.15) is 5.75 Å². The first kappa shape index (κ1) is 16.7. The summed E-state index contributed by atoms with van der Waals surface area (Å²) in [6.45, 7) is 1.83. The van der Waals surface area contributed by atoms with Crippen LogP contribution in [0.1, 0.15) is 30.1 Å². The molecule has 0 aliphatic carbocycles. The molecule has 0 aromatic heterocycles. The molecule has 1 saturated heterocycles. The molecule has 1 atom stereocenters. The molecule has 1 fully saturated rings. The van der Waals surface area contributed by atoms with E-state index >= 15 is 0 Å². The number of hydrogen-bond acceptors (Lipinski definition) is 3. The molecule has 1 aliphatic rings. The first-order valence-corrected chi connectivity index (χ1v) is 7.52. The fourth-order valence-corrected chi connectivity index (χ4v) is 2.63. The van der Waals surface area contributed by atoms with Crippen LogP contribution in [0.4, 0.5) is 8.78 Å². The highest BCUT2D eigenvalue weighted by Crippen LogP contribution is 2.21. The van der Waals surface area contributed by atoms with Crippen LogP contribution in [0.5, 0.6) is 5.75 Å². The Morgan fingerprint density at radius 3 is 2.73 bits per heavy atom. The standard InChI is InChI=1S/C16H21F2NO3/c1-2-21-11-12-4-3-9-19(10-12)15(20)13-5-7-14(8-6-13)22-16(17)18/h5-8,12,16H,2-4,9-11H2,1H3. The summed E-state index contributed by atoms with van der Waals surface area (Å²) in [6, 6.07) is 5.82. The van der Waals surface area contributed by atoms with Gasteiger partial charge < -0.3 is 14.4 Å². The third kappa shape index (κ3) is 4.66. The first-order chi connectivity index (χ1) is 10.6. The van der Waals surface area contributed by atoms with Gasteiger partial charge >= 0.3 is 6.61 Å². The van der Waals surface area contributed by atoms with E-state index in [0.29, 0.717) is 31.2 Å². The van der Waals surface area contributed by atoms with Crippen molar-refractivity contribution in [1.82, 2.24) is 4.90 Å². The number of piperidine rings is 1. The van der Waals surface area contributed by atoms with Gasteiger partial charge in [0.2, 0.25) is 0 Å². The molecule has 22 heavy (non-hydrogen) atoms. The Morgan fingerprint density at radius 2 is 2.09 bits per heavy atom. The highest BCUT2D eigenvalue weighted by Gasteiger charge is 2.24. The van der Waals surface area contributed by atoms with Crippen LogP contribution in [0.15, 0.2) is 24.3 Å². The predicted molar refractivity (Wildman–Crippen MR) is 78.2 cm³/mol. The van der Waals surface area contributed by atoms with Crippen LogP contribution >= 0.6 is 0 Å². The minimum atomic E-state index is -2.86. The zero-order valence-corrected chi connectivity index (χ0v) is 12.6. The van der Waals surface area contributed by atoms with Gasteiger partial charge in [-0.15, -0.1) is 0 Å². The van der Waals surface area contributed by atoms with E-state index in [1.807, 2.05) is 6.92 Å². The number of likely N-dealkylation sites (tertiary alicyclic amines) is 1. The van der Waals surface area contributed by atoms with Crippen LogP contribution in [-0.4, -0.2) is 43.7 Å². The molecule has 1 amide bonds. The SMILES string of the molecule is CCOCC1CCCN(C(=O)c2ccc(OC(F)F)cc2)C1. The van der Waals surface area contributed by atoms with E-state index in [1.165, 1.54) is 24.3 Å². The van der Waals surface area contributed by atoms with E-state index in [0.717, 1.165) is 19.4 Å². The molecule has 0 bridgehead atoms. The number of ether oxygens (including phenoxy) is 2. The summed E-state index contributed by atoms with van der Waals surface area (Å²) in [5.41, 5.74) is 0.485.